The third-order valence-corrected chi connectivity index (χ3v) is 1.33. The quantitative estimate of drug-likeness (QED) is 0.159. The second-order valence-electron chi connectivity index (χ2n) is 2.66. The molecule has 0 aromatic rings. The van der Waals surface area contributed by atoms with Gasteiger partial charge in [-0.2, -0.15) is 16.4 Å². The molecule has 15 heavy (non-hydrogen) atoms. The molecule has 0 saturated heterocycles. The van der Waals surface area contributed by atoms with Gasteiger partial charge in [0.2, 0.25) is 0 Å². The van der Waals surface area contributed by atoms with E-state index >= 15 is 0 Å². The number of aliphatic hydroxyl groups excluding tert-OH is 3. The normalized spacial score (nSPS) is 11.2. The van der Waals surface area contributed by atoms with Gasteiger partial charge in [0.1, 0.15) is 0 Å². The summed E-state index contributed by atoms with van der Waals surface area (Å²) in [5.41, 5.74) is 8.38. The molecular formula is C5H18N4O6. The Balaban J connectivity index is 0. The number of aliphatic hydroxyl groups is 3. The summed E-state index contributed by atoms with van der Waals surface area (Å²) in [6, 6.07) is 0. The van der Waals surface area contributed by atoms with Crippen LogP contribution in [-0.2, 0) is 0 Å². The van der Waals surface area contributed by atoms with Crippen molar-refractivity contribution in [1.82, 2.24) is 16.4 Å². The van der Waals surface area contributed by atoms with Crippen molar-refractivity contribution < 1.29 is 30.9 Å². The van der Waals surface area contributed by atoms with E-state index in [1.54, 1.807) is 0 Å². The highest BCUT2D eigenvalue weighted by Crippen LogP contribution is 1.93. The van der Waals surface area contributed by atoms with Gasteiger partial charge in [0.15, 0.2) is 6.29 Å². The molecule has 0 saturated carbocycles. The van der Waals surface area contributed by atoms with Gasteiger partial charge in [0.25, 0.3) is 0 Å². The number of nitrogens with two attached hydrogens (primary N) is 1. The number of rotatable bonds is 6. The van der Waals surface area contributed by atoms with E-state index in [9.17, 15) is 0 Å². The SMILES string of the molecule is NC(CO)(CO)CO.ONC(NO)NO. The smallest absolute Gasteiger partial charge is 0.177 e. The Morgan fingerprint density at radius 2 is 1.13 bits per heavy atom. The molecule has 94 valence electrons. The van der Waals surface area contributed by atoms with Gasteiger partial charge in [-0.1, -0.05) is 0 Å². The topological polar surface area (TPSA) is 183 Å². The summed E-state index contributed by atoms with van der Waals surface area (Å²) in [5, 5.41) is 48.5. The number of hydrogen-bond acceptors (Lipinski definition) is 10. The standard InChI is InChI=1S/C4H11NO3.CH7N3O3/c5-4(1-6,2-7)3-8;5-2-1(3-6)4-7/h6-8H,1-3,5H2;1-7H. The van der Waals surface area contributed by atoms with Crippen molar-refractivity contribution >= 4 is 0 Å². The van der Waals surface area contributed by atoms with Gasteiger partial charge in [-0.15, -0.1) is 0 Å². The van der Waals surface area contributed by atoms with E-state index in [0.717, 1.165) is 0 Å². The van der Waals surface area contributed by atoms with Crippen LogP contribution in [0.4, 0.5) is 0 Å². The van der Waals surface area contributed by atoms with Gasteiger partial charge < -0.3 is 36.7 Å². The molecule has 10 nitrogen and oxygen atoms in total. The van der Waals surface area contributed by atoms with Crippen LogP contribution in [0.15, 0.2) is 0 Å². The fourth-order valence-electron chi connectivity index (χ4n) is 0.237. The molecule has 0 aliphatic heterocycles. The minimum Gasteiger partial charge on any atom is -0.394 e. The molecule has 0 radical (unpaired) electrons. The summed E-state index contributed by atoms with van der Waals surface area (Å²) in [7, 11) is 0. The molecule has 0 fully saturated rings. The molecule has 0 aromatic heterocycles. The lowest BCUT2D eigenvalue weighted by molar-refractivity contribution is -0.0491. The predicted octanol–water partition coefficient (Wildman–Crippen LogP) is -4.13. The minimum absolute atomic E-state index is 0.403. The van der Waals surface area contributed by atoms with Crippen LogP contribution < -0.4 is 22.2 Å². The summed E-state index contributed by atoms with van der Waals surface area (Å²) < 4.78 is 0. The fourth-order valence-corrected chi connectivity index (χ4v) is 0.237. The Morgan fingerprint density at radius 3 is 1.13 bits per heavy atom. The molecule has 0 aliphatic carbocycles. The van der Waals surface area contributed by atoms with Crippen LogP contribution in [-0.4, -0.2) is 62.6 Å². The monoisotopic (exact) mass is 230 g/mol. The minimum atomic E-state index is -1.21. The Kier molecular flexibility index (Phi) is 11.5. The summed E-state index contributed by atoms with van der Waals surface area (Å²) in [5.74, 6) is 0. The van der Waals surface area contributed by atoms with Gasteiger partial charge in [0, 0.05) is 0 Å². The lowest BCUT2D eigenvalue weighted by Crippen LogP contribution is -2.50. The van der Waals surface area contributed by atoms with E-state index in [4.69, 9.17) is 36.7 Å². The third kappa shape index (κ3) is 8.59. The van der Waals surface area contributed by atoms with Gasteiger partial charge in [-0.3, -0.25) is 0 Å². The van der Waals surface area contributed by atoms with Crippen LogP contribution in [0.3, 0.4) is 0 Å². The van der Waals surface area contributed by atoms with Crippen LogP contribution in [0.5, 0.6) is 0 Å². The van der Waals surface area contributed by atoms with Gasteiger partial charge >= 0.3 is 0 Å². The third-order valence-electron chi connectivity index (χ3n) is 1.33. The van der Waals surface area contributed by atoms with Crippen molar-refractivity contribution in [3.8, 4) is 0 Å². The average Bonchev–Trinajstić information content (AvgIpc) is 2.31. The molecule has 0 aromatic carbocycles. The zero-order valence-corrected chi connectivity index (χ0v) is 7.96. The van der Waals surface area contributed by atoms with Crippen molar-refractivity contribution in [3.05, 3.63) is 0 Å². The first kappa shape index (κ1) is 17.0. The summed E-state index contributed by atoms with van der Waals surface area (Å²) in [6.45, 7) is -1.21. The lowest BCUT2D eigenvalue weighted by atomic mass is 10.1. The van der Waals surface area contributed by atoms with Crippen LogP contribution in [0, 0.1) is 0 Å². The number of hydrogen-bond donors (Lipinski definition) is 10. The van der Waals surface area contributed by atoms with E-state index in [1.807, 2.05) is 0 Å². The maximum Gasteiger partial charge on any atom is 0.177 e. The van der Waals surface area contributed by atoms with Crippen LogP contribution in [0.1, 0.15) is 0 Å². The molecule has 0 bridgehead atoms. The van der Waals surface area contributed by atoms with Gasteiger partial charge in [-0.25, -0.2) is 0 Å². The van der Waals surface area contributed by atoms with Crippen molar-refractivity contribution in [2.24, 2.45) is 5.73 Å². The van der Waals surface area contributed by atoms with E-state index in [0.29, 0.717) is 0 Å². The molecule has 0 amide bonds. The first-order chi connectivity index (χ1) is 7.03. The molecule has 0 atom stereocenters. The lowest BCUT2D eigenvalue weighted by Gasteiger charge is -2.20. The highest BCUT2D eigenvalue weighted by atomic mass is 16.5. The van der Waals surface area contributed by atoms with Crippen LogP contribution >= 0.6 is 0 Å². The predicted molar refractivity (Wildman–Crippen MR) is 46.7 cm³/mol. The first-order valence-corrected chi connectivity index (χ1v) is 3.83. The van der Waals surface area contributed by atoms with Crippen molar-refractivity contribution in [2.75, 3.05) is 19.8 Å². The van der Waals surface area contributed by atoms with Crippen LogP contribution in [0.2, 0.25) is 0 Å². The summed E-state index contributed by atoms with van der Waals surface area (Å²) in [6.07, 6.45) is -1.10. The molecule has 10 heteroatoms. The molecule has 0 rings (SSSR count). The molecule has 11 N–H and O–H groups in total. The Morgan fingerprint density at radius 1 is 0.867 bits per heavy atom. The van der Waals surface area contributed by atoms with E-state index in [-0.39, 0.29) is 0 Å². The molecule has 0 aliphatic rings. The second-order valence-corrected chi connectivity index (χ2v) is 2.66. The molecule has 0 unspecified atom stereocenters. The average molecular weight is 230 g/mol. The molecule has 0 spiro atoms. The largest absolute Gasteiger partial charge is 0.394 e. The number of hydroxylamine groups is 3. The first-order valence-electron chi connectivity index (χ1n) is 3.83. The van der Waals surface area contributed by atoms with Crippen molar-refractivity contribution in [2.45, 2.75) is 11.8 Å². The number of nitrogens with one attached hydrogen (secondary N) is 3. The van der Waals surface area contributed by atoms with Crippen molar-refractivity contribution in [3.63, 3.8) is 0 Å². The Labute approximate surface area is 85.8 Å². The summed E-state index contributed by atoms with van der Waals surface area (Å²) >= 11 is 0. The van der Waals surface area contributed by atoms with Gasteiger partial charge in [0.05, 0.1) is 25.4 Å². The maximum absolute atomic E-state index is 8.34. The van der Waals surface area contributed by atoms with E-state index in [1.165, 1.54) is 16.4 Å². The maximum atomic E-state index is 8.34. The zero-order valence-electron chi connectivity index (χ0n) is 7.96. The molecular weight excluding hydrogens is 212 g/mol. The highest BCUT2D eigenvalue weighted by molar-refractivity contribution is 4.80. The second kappa shape index (κ2) is 10.1. The Bertz CT molecular complexity index is 117. The van der Waals surface area contributed by atoms with Crippen LogP contribution in [0.25, 0.3) is 0 Å². The zero-order chi connectivity index (χ0) is 12.3. The summed E-state index contributed by atoms with van der Waals surface area (Å²) in [4.78, 5) is 0. The highest BCUT2D eigenvalue weighted by Gasteiger charge is 2.20. The van der Waals surface area contributed by atoms with Crippen molar-refractivity contribution in [1.29, 1.82) is 0 Å². The van der Waals surface area contributed by atoms with E-state index in [2.05, 4.69) is 0 Å². The van der Waals surface area contributed by atoms with E-state index < -0.39 is 31.6 Å². The Hall–Kier alpha value is -0.400. The van der Waals surface area contributed by atoms with Gasteiger partial charge in [-0.05, 0) is 0 Å². The fraction of sp³-hybridized carbons (Fsp3) is 1.00. The molecule has 0 heterocycles.